The maximum atomic E-state index is 12.3. The number of aromatic hydroxyl groups is 1. The van der Waals surface area contributed by atoms with Crippen LogP contribution in [0.1, 0.15) is 15.9 Å². The van der Waals surface area contributed by atoms with E-state index in [0.717, 1.165) is 5.56 Å². The number of allylic oxidation sites excluding steroid dienone is 1. The summed E-state index contributed by atoms with van der Waals surface area (Å²) in [6.45, 7) is 0.176. The molecule has 0 saturated carbocycles. The predicted octanol–water partition coefficient (Wildman–Crippen LogP) is 3.12. The largest absolute Gasteiger partial charge is 0.508 e. The summed E-state index contributed by atoms with van der Waals surface area (Å²) in [7, 11) is 0. The third-order valence-corrected chi connectivity index (χ3v) is 3.81. The van der Waals surface area contributed by atoms with Gasteiger partial charge in [0.15, 0.2) is 17.3 Å². The Morgan fingerprint density at radius 2 is 1.88 bits per heavy atom. The first-order valence-electron chi connectivity index (χ1n) is 7.49. The van der Waals surface area contributed by atoms with Crippen molar-refractivity contribution in [1.82, 2.24) is 0 Å². The SMILES string of the molecule is O=C(/C=C/c1ccc2c(c1)OCO2)c1cc2ccc(O)cc2oc1=O. The van der Waals surface area contributed by atoms with Crippen LogP contribution in [-0.4, -0.2) is 17.7 Å². The molecule has 0 atom stereocenters. The fourth-order valence-corrected chi connectivity index (χ4v) is 2.55. The molecule has 0 spiro atoms. The number of hydrogen-bond donors (Lipinski definition) is 1. The number of ketones is 1. The number of benzene rings is 2. The molecule has 0 amide bonds. The van der Waals surface area contributed by atoms with E-state index < -0.39 is 11.4 Å². The van der Waals surface area contributed by atoms with Crippen molar-refractivity contribution < 1.29 is 23.8 Å². The topological polar surface area (TPSA) is 86.0 Å². The molecule has 2 heterocycles. The second-order valence-corrected chi connectivity index (χ2v) is 5.48. The lowest BCUT2D eigenvalue weighted by molar-refractivity contribution is 0.104. The Morgan fingerprint density at radius 3 is 2.76 bits per heavy atom. The zero-order valence-electron chi connectivity index (χ0n) is 12.9. The summed E-state index contributed by atoms with van der Waals surface area (Å²) in [5.74, 6) is 0.778. The molecule has 6 nitrogen and oxygen atoms in total. The van der Waals surface area contributed by atoms with Gasteiger partial charge in [-0.1, -0.05) is 12.1 Å². The van der Waals surface area contributed by atoms with Gasteiger partial charge < -0.3 is 19.0 Å². The highest BCUT2D eigenvalue weighted by atomic mass is 16.7. The molecule has 2 aromatic carbocycles. The Hall–Kier alpha value is -3.54. The summed E-state index contributed by atoms with van der Waals surface area (Å²) in [6, 6.07) is 11.1. The summed E-state index contributed by atoms with van der Waals surface area (Å²) >= 11 is 0. The highest BCUT2D eigenvalue weighted by Crippen LogP contribution is 2.32. The predicted molar refractivity (Wildman–Crippen MR) is 90.1 cm³/mol. The maximum Gasteiger partial charge on any atom is 0.347 e. The minimum atomic E-state index is -0.751. The molecule has 1 aliphatic rings. The van der Waals surface area contributed by atoms with Crippen molar-refractivity contribution in [3.05, 3.63) is 70.1 Å². The molecule has 1 aromatic heterocycles. The number of phenols is 1. The fraction of sp³-hybridized carbons (Fsp3) is 0.0526. The first-order valence-corrected chi connectivity index (χ1v) is 7.49. The average Bonchev–Trinajstić information content (AvgIpc) is 3.06. The first-order chi connectivity index (χ1) is 12.1. The molecule has 0 saturated heterocycles. The van der Waals surface area contributed by atoms with E-state index >= 15 is 0 Å². The molecule has 0 bridgehead atoms. The second kappa shape index (κ2) is 5.83. The molecule has 1 N–H and O–H groups in total. The van der Waals surface area contributed by atoms with E-state index in [1.165, 1.54) is 24.3 Å². The van der Waals surface area contributed by atoms with E-state index in [-0.39, 0.29) is 23.7 Å². The van der Waals surface area contributed by atoms with Crippen LogP contribution in [-0.2, 0) is 0 Å². The lowest BCUT2D eigenvalue weighted by Crippen LogP contribution is -2.11. The minimum Gasteiger partial charge on any atom is -0.508 e. The van der Waals surface area contributed by atoms with Crippen LogP contribution in [0.4, 0.5) is 0 Å². The lowest BCUT2D eigenvalue weighted by Gasteiger charge is -2.00. The van der Waals surface area contributed by atoms with Gasteiger partial charge in [-0.15, -0.1) is 0 Å². The molecule has 0 unspecified atom stereocenters. The van der Waals surface area contributed by atoms with Crippen LogP contribution in [0.25, 0.3) is 17.0 Å². The van der Waals surface area contributed by atoms with Gasteiger partial charge in [-0.3, -0.25) is 4.79 Å². The van der Waals surface area contributed by atoms with Crippen LogP contribution in [0.2, 0.25) is 0 Å². The van der Waals surface area contributed by atoms with E-state index in [4.69, 9.17) is 13.9 Å². The third-order valence-electron chi connectivity index (χ3n) is 3.81. The highest BCUT2D eigenvalue weighted by Gasteiger charge is 2.14. The van der Waals surface area contributed by atoms with Gasteiger partial charge in [-0.25, -0.2) is 4.79 Å². The number of ether oxygens (including phenoxy) is 2. The zero-order chi connectivity index (χ0) is 17.4. The van der Waals surface area contributed by atoms with Gasteiger partial charge in [0.2, 0.25) is 6.79 Å². The maximum absolute atomic E-state index is 12.3. The lowest BCUT2D eigenvalue weighted by atomic mass is 10.1. The van der Waals surface area contributed by atoms with Crippen LogP contribution >= 0.6 is 0 Å². The number of fused-ring (bicyclic) bond motifs is 2. The number of rotatable bonds is 3. The molecular weight excluding hydrogens is 324 g/mol. The van der Waals surface area contributed by atoms with Crippen molar-refractivity contribution in [3.63, 3.8) is 0 Å². The first kappa shape index (κ1) is 15.0. The monoisotopic (exact) mass is 336 g/mol. The van der Waals surface area contributed by atoms with Crippen molar-refractivity contribution in [3.8, 4) is 17.2 Å². The van der Waals surface area contributed by atoms with Crippen LogP contribution in [0, 0.1) is 0 Å². The van der Waals surface area contributed by atoms with Gasteiger partial charge >= 0.3 is 5.63 Å². The van der Waals surface area contributed by atoms with Gasteiger partial charge in [0.25, 0.3) is 0 Å². The summed E-state index contributed by atoms with van der Waals surface area (Å²) in [5, 5.41) is 9.97. The van der Waals surface area contributed by atoms with Gasteiger partial charge in [0, 0.05) is 11.5 Å². The van der Waals surface area contributed by atoms with Crippen molar-refractivity contribution in [2.75, 3.05) is 6.79 Å². The van der Waals surface area contributed by atoms with Crippen LogP contribution in [0.5, 0.6) is 17.2 Å². The Kier molecular flexibility index (Phi) is 3.50. The summed E-state index contributed by atoms with van der Waals surface area (Å²) < 4.78 is 15.6. The van der Waals surface area contributed by atoms with Gasteiger partial charge in [0.1, 0.15) is 16.9 Å². The molecule has 0 aliphatic carbocycles. The van der Waals surface area contributed by atoms with Gasteiger partial charge in [-0.05, 0) is 42.0 Å². The summed E-state index contributed by atoms with van der Waals surface area (Å²) in [5.41, 5.74) is 0.141. The Labute approximate surface area is 141 Å². The molecule has 25 heavy (non-hydrogen) atoms. The molecule has 1 aliphatic heterocycles. The molecule has 4 rings (SSSR count). The normalized spacial score (nSPS) is 12.8. The van der Waals surface area contributed by atoms with E-state index in [1.54, 1.807) is 30.3 Å². The van der Waals surface area contributed by atoms with Gasteiger partial charge in [-0.2, -0.15) is 0 Å². The van der Waals surface area contributed by atoms with Crippen molar-refractivity contribution >= 4 is 22.8 Å². The van der Waals surface area contributed by atoms with Crippen molar-refractivity contribution in [2.24, 2.45) is 0 Å². The number of phenolic OH excluding ortho intramolecular Hbond substituents is 1. The van der Waals surface area contributed by atoms with Crippen molar-refractivity contribution in [1.29, 1.82) is 0 Å². The van der Waals surface area contributed by atoms with E-state index in [1.807, 2.05) is 0 Å². The number of carbonyl (C=O) groups excluding carboxylic acids is 1. The van der Waals surface area contributed by atoms with E-state index in [0.29, 0.717) is 16.9 Å². The zero-order valence-corrected chi connectivity index (χ0v) is 12.9. The average molecular weight is 336 g/mol. The van der Waals surface area contributed by atoms with Crippen molar-refractivity contribution in [2.45, 2.75) is 0 Å². The second-order valence-electron chi connectivity index (χ2n) is 5.48. The summed E-state index contributed by atoms with van der Waals surface area (Å²) in [6.07, 6.45) is 2.89. The molecule has 6 heteroatoms. The van der Waals surface area contributed by atoms with Crippen LogP contribution in [0.3, 0.4) is 0 Å². The third kappa shape index (κ3) is 2.85. The van der Waals surface area contributed by atoms with Gasteiger partial charge in [0.05, 0.1) is 0 Å². The standard InChI is InChI=1S/C19H12O6/c20-13-4-3-12-8-14(19(22)25-17(12)9-13)15(21)5-1-11-2-6-16-18(7-11)24-10-23-16/h1-9,20H,10H2/b5-1+. The van der Waals surface area contributed by atoms with Crippen LogP contribution in [0.15, 0.2) is 57.8 Å². The molecular formula is C19H12O6. The molecule has 3 aromatic rings. The quantitative estimate of drug-likeness (QED) is 0.449. The van der Waals surface area contributed by atoms with E-state index in [9.17, 15) is 14.7 Å². The minimum absolute atomic E-state index is 0.0163. The Balaban J connectivity index is 1.64. The van der Waals surface area contributed by atoms with E-state index in [2.05, 4.69) is 0 Å². The Morgan fingerprint density at radius 1 is 1.04 bits per heavy atom. The molecule has 124 valence electrons. The number of hydrogen-bond acceptors (Lipinski definition) is 6. The number of carbonyl (C=O) groups is 1. The fourth-order valence-electron chi connectivity index (χ4n) is 2.55. The highest BCUT2D eigenvalue weighted by molar-refractivity contribution is 6.07. The Bertz CT molecular complexity index is 1080. The summed E-state index contributed by atoms with van der Waals surface area (Å²) in [4.78, 5) is 24.3. The smallest absolute Gasteiger partial charge is 0.347 e. The molecule has 0 fully saturated rings. The van der Waals surface area contributed by atoms with Crippen LogP contribution < -0.4 is 15.1 Å². The molecule has 0 radical (unpaired) electrons.